The van der Waals surface area contributed by atoms with Crippen molar-refractivity contribution < 1.29 is 33.3 Å². The average Bonchev–Trinajstić information content (AvgIpc) is 2.63. The van der Waals surface area contributed by atoms with E-state index < -0.39 is 0 Å². The Morgan fingerprint density at radius 2 is 2.19 bits per heavy atom. The van der Waals surface area contributed by atoms with Crippen LogP contribution in [-0.2, 0) is 7.05 Å². The third-order valence-corrected chi connectivity index (χ3v) is 2.60. The summed E-state index contributed by atoms with van der Waals surface area (Å²) in [6.07, 6.45) is 6.50. The molecule has 1 rings (SSSR count). The predicted molar refractivity (Wildman–Crippen MR) is 58.5 cm³/mol. The molecule has 4 nitrogen and oxygen atoms in total. The molecule has 1 aromatic heterocycles. The fourth-order valence-corrected chi connectivity index (χ4v) is 1.44. The molecule has 0 saturated carbocycles. The van der Waals surface area contributed by atoms with Crippen molar-refractivity contribution in [1.82, 2.24) is 9.47 Å². The third kappa shape index (κ3) is 4.11. The maximum Gasteiger partial charge on any atom is 0.415 e. The van der Waals surface area contributed by atoms with E-state index in [1.54, 1.807) is 22.0 Å². The highest BCUT2D eigenvalue weighted by Crippen LogP contribution is 2.03. The number of aromatic nitrogens is 2. The zero-order valence-electron chi connectivity index (χ0n) is 10.4. The highest BCUT2D eigenvalue weighted by Gasteiger charge is 2.18. The van der Waals surface area contributed by atoms with Gasteiger partial charge in [0.2, 0.25) is 0 Å². The van der Waals surface area contributed by atoms with Crippen LogP contribution >= 0.6 is 0 Å². The van der Waals surface area contributed by atoms with Crippen LogP contribution in [0, 0.1) is 5.92 Å². The summed E-state index contributed by atoms with van der Waals surface area (Å²) in [4.78, 5) is 13.6. The smallest absolute Gasteiger partial charge is 0.415 e. The Bertz CT molecular complexity index is 338. The largest absolute Gasteiger partial charge is 1.00 e. The first-order valence-electron chi connectivity index (χ1n) is 5.33. The molecule has 0 aliphatic heterocycles. The monoisotopic (exact) mass is 337 g/mol. The van der Waals surface area contributed by atoms with Crippen molar-refractivity contribution in [2.75, 3.05) is 13.6 Å². The zero-order valence-corrected chi connectivity index (χ0v) is 12.5. The molecule has 0 saturated heterocycles. The van der Waals surface area contributed by atoms with Crippen molar-refractivity contribution in [1.29, 1.82) is 0 Å². The van der Waals surface area contributed by atoms with Gasteiger partial charge in [0.15, 0.2) is 0 Å². The van der Waals surface area contributed by atoms with Crippen LogP contribution in [-0.4, -0.2) is 29.1 Å². The van der Waals surface area contributed by atoms with E-state index in [-0.39, 0.29) is 30.0 Å². The van der Waals surface area contributed by atoms with Gasteiger partial charge in [-0.05, 0) is 5.92 Å². The summed E-state index contributed by atoms with van der Waals surface area (Å²) in [5, 5.41) is 0. The van der Waals surface area contributed by atoms with Crippen LogP contribution in [0.1, 0.15) is 20.3 Å². The van der Waals surface area contributed by atoms with Gasteiger partial charge in [-0.1, -0.05) is 20.3 Å². The van der Waals surface area contributed by atoms with Crippen molar-refractivity contribution in [3.63, 3.8) is 0 Å². The minimum Gasteiger partial charge on any atom is -1.00 e. The maximum absolute atomic E-state index is 11.9. The summed E-state index contributed by atoms with van der Waals surface area (Å²) in [7, 11) is 3.74. The SMILES string of the molecule is CCC(C)CN(C)C(=O)n1cc[n+](C)c1.[I-]. The van der Waals surface area contributed by atoms with Crippen molar-refractivity contribution in [3.05, 3.63) is 18.7 Å². The maximum atomic E-state index is 11.9. The number of halogens is 1. The minimum absolute atomic E-state index is 0. The fourth-order valence-electron chi connectivity index (χ4n) is 1.44. The van der Waals surface area contributed by atoms with E-state index in [9.17, 15) is 4.79 Å². The number of imidazole rings is 1. The summed E-state index contributed by atoms with van der Waals surface area (Å²) < 4.78 is 3.46. The lowest BCUT2D eigenvalue weighted by Gasteiger charge is -2.17. The van der Waals surface area contributed by atoms with Gasteiger partial charge in [0.05, 0.1) is 7.05 Å². The van der Waals surface area contributed by atoms with Crippen LogP contribution in [0.25, 0.3) is 0 Å². The number of aryl methyl sites for hydroxylation is 1. The van der Waals surface area contributed by atoms with Crippen molar-refractivity contribution in [2.24, 2.45) is 13.0 Å². The highest BCUT2D eigenvalue weighted by atomic mass is 127. The molecule has 92 valence electrons. The van der Waals surface area contributed by atoms with Crippen LogP contribution in [0.2, 0.25) is 0 Å². The average molecular weight is 337 g/mol. The molecule has 1 atom stereocenters. The second-order valence-corrected chi connectivity index (χ2v) is 4.16. The fraction of sp³-hybridized carbons (Fsp3) is 0.636. The number of carbonyl (C=O) groups is 1. The van der Waals surface area contributed by atoms with Gasteiger partial charge in [-0.25, -0.2) is 9.36 Å². The van der Waals surface area contributed by atoms with Crippen molar-refractivity contribution >= 4 is 6.03 Å². The van der Waals surface area contributed by atoms with E-state index in [0.717, 1.165) is 13.0 Å². The van der Waals surface area contributed by atoms with Gasteiger partial charge in [-0.15, -0.1) is 0 Å². The highest BCUT2D eigenvalue weighted by molar-refractivity contribution is 5.76. The molecule has 0 radical (unpaired) electrons. The molecule has 0 bridgehead atoms. The Morgan fingerprint density at radius 3 is 2.62 bits per heavy atom. The van der Waals surface area contributed by atoms with Crippen LogP contribution in [0.15, 0.2) is 18.7 Å². The number of carbonyl (C=O) groups excluding carboxylic acids is 1. The van der Waals surface area contributed by atoms with Crippen molar-refractivity contribution in [2.45, 2.75) is 20.3 Å². The summed E-state index contributed by atoms with van der Waals surface area (Å²) in [6, 6.07) is 0.0240. The Kier molecular flexibility index (Phi) is 6.62. The van der Waals surface area contributed by atoms with Crippen LogP contribution in [0.4, 0.5) is 4.79 Å². The summed E-state index contributed by atoms with van der Waals surface area (Å²) in [6.45, 7) is 5.09. The lowest BCUT2D eigenvalue weighted by molar-refractivity contribution is -0.670. The molecule has 0 N–H and O–H groups in total. The quantitative estimate of drug-likeness (QED) is 0.476. The van der Waals surface area contributed by atoms with Crippen LogP contribution in [0.5, 0.6) is 0 Å². The van der Waals surface area contributed by atoms with Gasteiger partial charge < -0.3 is 28.9 Å². The van der Waals surface area contributed by atoms with Gasteiger partial charge in [0.25, 0.3) is 6.33 Å². The molecule has 1 amide bonds. The van der Waals surface area contributed by atoms with Gasteiger partial charge in [0.1, 0.15) is 12.4 Å². The molecule has 0 fully saturated rings. The Labute approximate surface area is 114 Å². The van der Waals surface area contributed by atoms with Gasteiger partial charge >= 0.3 is 6.03 Å². The molecular weight excluding hydrogens is 317 g/mol. The number of amides is 1. The topological polar surface area (TPSA) is 29.1 Å². The van der Waals surface area contributed by atoms with E-state index in [1.807, 2.05) is 24.9 Å². The standard InChI is InChI=1S/C11H20N3O.HI/c1-5-10(2)8-13(4)11(15)14-7-6-12(3)9-14;/h6-7,9-10H,5,8H2,1-4H3;1H/q+1;/p-1. The van der Waals surface area contributed by atoms with Crippen LogP contribution in [0.3, 0.4) is 0 Å². The van der Waals surface area contributed by atoms with E-state index >= 15 is 0 Å². The van der Waals surface area contributed by atoms with Crippen molar-refractivity contribution in [3.8, 4) is 0 Å². The minimum atomic E-state index is 0. The van der Waals surface area contributed by atoms with E-state index in [2.05, 4.69) is 13.8 Å². The first kappa shape index (κ1) is 15.4. The summed E-state index contributed by atoms with van der Waals surface area (Å²) >= 11 is 0. The first-order valence-corrected chi connectivity index (χ1v) is 5.33. The molecule has 1 aromatic rings. The lowest BCUT2D eigenvalue weighted by Crippen LogP contribution is -3.00. The number of hydrogen-bond acceptors (Lipinski definition) is 1. The molecular formula is C11H20IN3O. The number of hydrogen-bond donors (Lipinski definition) is 0. The number of rotatable bonds is 3. The molecule has 1 unspecified atom stereocenters. The van der Waals surface area contributed by atoms with Gasteiger partial charge in [-0.3, -0.25) is 0 Å². The molecule has 0 aliphatic carbocycles. The van der Waals surface area contributed by atoms with E-state index in [1.165, 1.54) is 0 Å². The first-order chi connectivity index (χ1) is 7.04. The molecule has 0 spiro atoms. The van der Waals surface area contributed by atoms with Gasteiger partial charge in [0, 0.05) is 13.6 Å². The second-order valence-electron chi connectivity index (χ2n) is 4.16. The van der Waals surface area contributed by atoms with E-state index in [4.69, 9.17) is 0 Å². The van der Waals surface area contributed by atoms with Crippen LogP contribution < -0.4 is 28.5 Å². The lowest BCUT2D eigenvalue weighted by atomic mass is 10.1. The third-order valence-electron chi connectivity index (χ3n) is 2.60. The molecule has 0 aromatic carbocycles. The predicted octanol–water partition coefficient (Wildman–Crippen LogP) is -1.74. The van der Waals surface area contributed by atoms with E-state index in [0.29, 0.717) is 5.92 Å². The second kappa shape index (κ2) is 6.88. The molecule has 0 aliphatic rings. The Hall–Kier alpha value is -0.590. The summed E-state index contributed by atoms with van der Waals surface area (Å²) in [5.41, 5.74) is 0. The van der Waals surface area contributed by atoms with Gasteiger partial charge in [-0.2, -0.15) is 4.57 Å². The Morgan fingerprint density at radius 1 is 1.56 bits per heavy atom. The Balaban J connectivity index is 0.00000225. The number of nitrogens with zero attached hydrogens (tertiary/aromatic N) is 3. The molecule has 16 heavy (non-hydrogen) atoms. The molecule has 5 heteroatoms. The molecule has 1 heterocycles. The normalized spacial score (nSPS) is 11.8. The summed E-state index contributed by atoms with van der Waals surface area (Å²) in [5.74, 6) is 0.545. The zero-order chi connectivity index (χ0) is 11.4.